The first-order valence-electron chi connectivity index (χ1n) is 8.95. The number of nitrogens with two attached hydrogens (primary N) is 1. The van der Waals surface area contributed by atoms with Gasteiger partial charge >= 0.3 is 0 Å². The van der Waals surface area contributed by atoms with Crippen molar-refractivity contribution in [3.8, 4) is 22.5 Å². The topological polar surface area (TPSA) is 51.8 Å². The minimum atomic E-state index is 0.640. The first kappa shape index (κ1) is 18.5. The summed E-state index contributed by atoms with van der Waals surface area (Å²) >= 11 is 0. The predicted octanol–water partition coefficient (Wildman–Crippen LogP) is 5.26. The third-order valence-corrected chi connectivity index (χ3v) is 4.15. The summed E-state index contributed by atoms with van der Waals surface area (Å²) in [4.78, 5) is 8.98. The Hall–Kier alpha value is -3.30. The van der Waals surface area contributed by atoms with E-state index in [0.29, 0.717) is 6.54 Å². The highest BCUT2D eigenvalue weighted by molar-refractivity contribution is 5.77. The zero-order valence-electron chi connectivity index (χ0n) is 15.4. The van der Waals surface area contributed by atoms with Crippen molar-refractivity contribution < 1.29 is 0 Å². The lowest BCUT2D eigenvalue weighted by Crippen LogP contribution is -1.94. The van der Waals surface area contributed by atoms with Crippen LogP contribution in [0.2, 0.25) is 0 Å². The molecule has 1 aromatic heterocycles. The fourth-order valence-corrected chi connectivity index (χ4v) is 2.68. The van der Waals surface area contributed by atoms with Crippen molar-refractivity contribution in [2.45, 2.75) is 13.5 Å². The average Bonchev–Trinajstić information content (AvgIpc) is 2.76. The van der Waals surface area contributed by atoms with Gasteiger partial charge in [0.25, 0.3) is 0 Å². The van der Waals surface area contributed by atoms with Crippen LogP contribution in [-0.2, 0) is 6.54 Å². The Morgan fingerprint density at radius 2 is 1.11 bits per heavy atom. The normalized spacial score (nSPS) is 10.0. The molecule has 134 valence electrons. The molecule has 0 aliphatic rings. The Bertz CT molecular complexity index is 950. The zero-order valence-corrected chi connectivity index (χ0v) is 15.4. The van der Waals surface area contributed by atoms with Crippen molar-refractivity contribution in [2.24, 2.45) is 5.73 Å². The van der Waals surface area contributed by atoms with E-state index in [1.165, 1.54) is 11.1 Å². The summed E-state index contributed by atoms with van der Waals surface area (Å²) in [6.45, 7) is 2.72. The predicted molar refractivity (Wildman–Crippen MR) is 112 cm³/mol. The summed E-state index contributed by atoms with van der Waals surface area (Å²) in [6, 6.07) is 28.5. The molecule has 3 heteroatoms. The first-order chi connectivity index (χ1) is 13.3. The molecule has 27 heavy (non-hydrogen) atoms. The lowest BCUT2D eigenvalue weighted by molar-refractivity contribution is 1.07. The minimum Gasteiger partial charge on any atom is -0.326 e. The SMILES string of the molecule is Cc1ccc(-c2nccnc2-c2ccccc2)cc1.NCc1ccccc1. The smallest absolute Gasteiger partial charge is 0.0965 e. The maximum absolute atomic E-state index is 5.35. The molecule has 3 aromatic carbocycles. The van der Waals surface area contributed by atoms with Crippen molar-refractivity contribution >= 4 is 0 Å². The molecule has 0 aliphatic heterocycles. The van der Waals surface area contributed by atoms with E-state index in [9.17, 15) is 0 Å². The highest BCUT2D eigenvalue weighted by Crippen LogP contribution is 2.27. The first-order valence-corrected chi connectivity index (χ1v) is 8.95. The zero-order chi connectivity index (χ0) is 18.9. The van der Waals surface area contributed by atoms with Crippen LogP contribution in [0.15, 0.2) is 97.3 Å². The number of aryl methyl sites for hydroxylation is 1. The lowest BCUT2D eigenvalue weighted by atomic mass is 10.0. The molecule has 0 spiro atoms. The molecule has 3 nitrogen and oxygen atoms in total. The van der Waals surface area contributed by atoms with Crippen LogP contribution in [0.3, 0.4) is 0 Å². The number of nitrogens with zero attached hydrogens (tertiary/aromatic N) is 2. The van der Waals surface area contributed by atoms with Gasteiger partial charge in [-0.2, -0.15) is 0 Å². The monoisotopic (exact) mass is 353 g/mol. The van der Waals surface area contributed by atoms with E-state index in [1.54, 1.807) is 12.4 Å². The highest BCUT2D eigenvalue weighted by Gasteiger charge is 2.09. The highest BCUT2D eigenvalue weighted by atomic mass is 14.8. The standard InChI is InChI=1S/C17H14N2.C7H9N/c1-13-7-9-15(10-8-13)17-16(18-11-12-19-17)14-5-3-2-4-6-14;8-6-7-4-2-1-3-5-7/h2-12H,1H3;1-5H,6,8H2. The van der Waals surface area contributed by atoms with Gasteiger partial charge in [0.15, 0.2) is 0 Å². The number of aromatic nitrogens is 2. The molecule has 0 fully saturated rings. The van der Waals surface area contributed by atoms with Crippen LogP contribution >= 0.6 is 0 Å². The Morgan fingerprint density at radius 3 is 1.59 bits per heavy atom. The van der Waals surface area contributed by atoms with Crippen molar-refractivity contribution in [3.63, 3.8) is 0 Å². The van der Waals surface area contributed by atoms with E-state index in [4.69, 9.17) is 5.73 Å². The molecule has 1 heterocycles. The van der Waals surface area contributed by atoms with Crippen molar-refractivity contribution in [1.29, 1.82) is 0 Å². The fourth-order valence-electron chi connectivity index (χ4n) is 2.68. The third kappa shape index (κ3) is 5.09. The number of benzene rings is 3. The Balaban J connectivity index is 0.000000221. The Kier molecular flexibility index (Phi) is 6.45. The molecule has 0 atom stereocenters. The minimum absolute atomic E-state index is 0.640. The second-order valence-corrected chi connectivity index (χ2v) is 6.18. The molecule has 0 saturated heterocycles. The Labute approximate surface area is 160 Å². The molecule has 4 rings (SSSR count). The van der Waals surface area contributed by atoms with E-state index in [-0.39, 0.29) is 0 Å². The van der Waals surface area contributed by atoms with Crippen molar-refractivity contribution in [2.75, 3.05) is 0 Å². The van der Waals surface area contributed by atoms with Crippen LogP contribution in [-0.4, -0.2) is 9.97 Å². The maximum Gasteiger partial charge on any atom is 0.0965 e. The van der Waals surface area contributed by atoms with Crippen LogP contribution < -0.4 is 5.73 Å². The van der Waals surface area contributed by atoms with E-state index in [1.807, 2.05) is 48.5 Å². The van der Waals surface area contributed by atoms with Gasteiger partial charge in [0, 0.05) is 30.1 Å². The van der Waals surface area contributed by atoms with Gasteiger partial charge in [-0.3, -0.25) is 9.97 Å². The van der Waals surface area contributed by atoms with E-state index < -0.39 is 0 Å². The molecule has 0 saturated carbocycles. The van der Waals surface area contributed by atoms with Gasteiger partial charge in [-0.1, -0.05) is 90.5 Å². The van der Waals surface area contributed by atoms with E-state index in [2.05, 4.69) is 53.3 Å². The van der Waals surface area contributed by atoms with Gasteiger partial charge < -0.3 is 5.73 Å². The largest absolute Gasteiger partial charge is 0.326 e. The number of hydrogen-bond acceptors (Lipinski definition) is 3. The molecule has 2 N–H and O–H groups in total. The van der Waals surface area contributed by atoms with Gasteiger partial charge in [-0.15, -0.1) is 0 Å². The molecular formula is C24H23N3. The van der Waals surface area contributed by atoms with Gasteiger partial charge in [0.2, 0.25) is 0 Å². The van der Waals surface area contributed by atoms with Gasteiger partial charge in [0.05, 0.1) is 11.4 Å². The van der Waals surface area contributed by atoms with Gasteiger partial charge in [-0.05, 0) is 12.5 Å². The maximum atomic E-state index is 5.35. The van der Waals surface area contributed by atoms with Gasteiger partial charge in [0.1, 0.15) is 0 Å². The molecular weight excluding hydrogens is 330 g/mol. The van der Waals surface area contributed by atoms with Crippen LogP contribution in [0.4, 0.5) is 0 Å². The quantitative estimate of drug-likeness (QED) is 0.546. The second kappa shape index (κ2) is 9.41. The summed E-state index contributed by atoms with van der Waals surface area (Å²) in [6.07, 6.45) is 3.47. The number of hydrogen-bond donors (Lipinski definition) is 1. The Morgan fingerprint density at radius 1 is 0.630 bits per heavy atom. The summed E-state index contributed by atoms with van der Waals surface area (Å²) in [7, 11) is 0. The van der Waals surface area contributed by atoms with Crippen molar-refractivity contribution in [1.82, 2.24) is 9.97 Å². The summed E-state index contributed by atoms with van der Waals surface area (Å²) in [5.74, 6) is 0. The summed E-state index contributed by atoms with van der Waals surface area (Å²) < 4.78 is 0. The van der Waals surface area contributed by atoms with Crippen LogP contribution in [0.1, 0.15) is 11.1 Å². The molecule has 0 bridgehead atoms. The fraction of sp³-hybridized carbons (Fsp3) is 0.0833. The van der Waals surface area contributed by atoms with E-state index in [0.717, 1.165) is 22.5 Å². The lowest BCUT2D eigenvalue weighted by Gasteiger charge is -2.07. The van der Waals surface area contributed by atoms with Crippen LogP contribution in [0, 0.1) is 6.92 Å². The second-order valence-electron chi connectivity index (χ2n) is 6.18. The molecule has 0 aliphatic carbocycles. The number of rotatable bonds is 3. The van der Waals surface area contributed by atoms with Crippen LogP contribution in [0.5, 0.6) is 0 Å². The summed E-state index contributed by atoms with van der Waals surface area (Å²) in [5, 5.41) is 0. The average molecular weight is 353 g/mol. The molecule has 0 radical (unpaired) electrons. The van der Waals surface area contributed by atoms with Crippen LogP contribution in [0.25, 0.3) is 22.5 Å². The molecule has 4 aromatic rings. The third-order valence-electron chi connectivity index (χ3n) is 4.15. The van der Waals surface area contributed by atoms with Crippen molar-refractivity contribution in [3.05, 3.63) is 108 Å². The molecule has 0 unspecified atom stereocenters. The summed E-state index contributed by atoms with van der Waals surface area (Å²) in [5.41, 5.74) is 11.8. The van der Waals surface area contributed by atoms with Gasteiger partial charge in [-0.25, -0.2) is 0 Å². The van der Waals surface area contributed by atoms with E-state index >= 15 is 0 Å². The molecule has 0 amide bonds.